The maximum Gasteiger partial charge on any atom is 0.343 e. The van der Waals surface area contributed by atoms with Gasteiger partial charge in [-0.2, -0.15) is 0 Å². The van der Waals surface area contributed by atoms with Gasteiger partial charge in [-0.25, -0.2) is 4.79 Å². The number of aryl methyl sites for hydroxylation is 1. The van der Waals surface area contributed by atoms with Gasteiger partial charge in [-0.15, -0.1) is 0 Å². The number of ether oxygens (including phenoxy) is 2. The minimum absolute atomic E-state index is 0.361. The molecular weight excluding hydrogens is 384 g/mol. The number of hydrogen-bond donors (Lipinski definition) is 0. The molecule has 0 radical (unpaired) electrons. The molecule has 0 N–H and O–H groups in total. The van der Waals surface area contributed by atoms with E-state index in [4.69, 9.17) is 9.47 Å². The third-order valence-corrected chi connectivity index (χ3v) is 6.18. The summed E-state index contributed by atoms with van der Waals surface area (Å²) in [5, 5.41) is 0. The Labute approximate surface area is 187 Å². The van der Waals surface area contributed by atoms with Gasteiger partial charge in [0.25, 0.3) is 0 Å². The van der Waals surface area contributed by atoms with E-state index in [0.717, 1.165) is 17.2 Å². The quantitative estimate of drug-likeness (QED) is 0.172. The Kier molecular flexibility index (Phi) is 9.20. The van der Waals surface area contributed by atoms with E-state index in [1.807, 2.05) is 31.2 Å². The number of esters is 1. The summed E-state index contributed by atoms with van der Waals surface area (Å²) >= 11 is 0. The zero-order valence-electron chi connectivity index (χ0n) is 19.0. The fourth-order valence-electron chi connectivity index (χ4n) is 4.20. The van der Waals surface area contributed by atoms with Gasteiger partial charge in [0.2, 0.25) is 0 Å². The number of allylic oxidation sites excluding steroid dienone is 1. The summed E-state index contributed by atoms with van der Waals surface area (Å²) in [6.45, 7) is 4.84. The van der Waals surface area contributed by atoms with Crippen molar-refractivity contribution >= 4 is 5.97 Å². The monoisotopic (exact) mass is 420 g/mol. The Morgan fingerprint density at radius 1 is 0.935 bits per heavy atom. The van der Waals surface area contributed by atoms with E-state index < -0.39 is 0 Å². The first kappa shape index (κ1) is 23.1. The van der Waals surface area contributed by atoms with Gasteiger partial charge in [0.1, 0.15) is 18.1 Å². The highest BCUT2D eigenvalue weighted by atomic mass is 16.5. The second-order valence-corrected chi connectivity index (χ2v) is 8.74. The first-order valence-electron chi connectivity index (χ1n) is 11.8. The first-order chi connectivity index (χ1) is 15.1. The van der Waals surface area contributed by atoms with E-state index in [1.54, 1.807) is 24.3 Å². The minimum Gasteiger partial charge on any atom is -0.490 e. The molecular formula is C28H36O3. The Morgan fingerprint density at radius 3 is 2.29 bits per heavy atom. The van der Waals surface area contributed by atoms with Crippen molar-refractivity contribution in [2.75, 3.05) is 6.61 Å². The Hall–Kier alpha value is -2.55. The zero-order chi connectivity index (χ0) is 21.9. The fraction of sp³-hybridized carbons (Fsp3) is 0.464. The standard InChI is InChI=1S/C28H36O3/c1-3-4-5-7-23-11-13-24(14-12-23)8-6-21-30-26-19-15-25(16-20-26)28(29)31-27-17-9-22(2)10-18-27/h6,8-10,15-20,23-24H,3-5,7,11-14,21H2,1-2H3/t23-,24-. The second kappa shape index (κ2) is 12.3. The number of unbranched alkanes of at least 4 members (excludes halogenated alkanes) is 2. The van der Waals surface area contributed by atoms with Crippen LogP contribution in [-0.4, -0.2) is 12.6 Å². The van der Waals surface area contributed by atoms with Crippen LogP contribution >= 0.6 is 0 Å². The van der Waals surface area contributed by atoms with E-state index >= 15 is 0 Å². The average Bonchev–Trinajstić information content (AvgIpc) is 2.80. The van der Waals surface area contributed by atoms with Gasteiger partial charge in [-0.1, -0.05) is 62.5 Å². The van der Waals surface area contributed by atoms with E-state index in [0.29, 0.717) is 23.8 Å². The zero-order valence-corrected chi connectivity index (χ0v) is 19.0. The molecule has 0 aliphatic heterocycles. The average molecular weight is 421 g/mol. The van der Waals surface area contributed by atoms with Gasteiger partial charge >= 0.3 is 5.97 Å². The summed E-state index contributed by atoms with van der Waals surface area (Å²) in [4.78, 5) is 12.3. The smallest absolute Gasteiger partial charge is 0.343 e. The minimum atomic E-state index is -0.361. The van der Waals surface area contributed by atoms with Crippen molar-refractivity contribution < 1.29 is 14.3 Å². The van der Waals surface area contributed by atoms with E-state index in [9.17, 15) is 4.79 Å². The normalized spacial score (nSPS) is 18.8. The molecule has 166 valence electrons. The van der Waals surface area contributed by atoms with E-state index in [1.165, 1.54) is 51.4 Å². The highest BCUT2D eigenvalue weighted by Gasteiger charge is 2.18. The predicted molar refractivity (Wildman–Crippen MR) is 127 cm³/mol. The molecule has 0 amide bonds. The fourth-order valence-corrected chi connectivity index (χ4v) is 4.20. The SMILES string of the molecule is CCCCC[C@H]1CC[C@H](C=CCOc2ccc(C(=O)Oc3ccc(C)cc3)cc2)CC1. The van der Waals surface area contributed by atoms with Crippen LogP contribution in [0.3, 0.4) is 0 Å². The lowest BCUT2D eigenvalue weighted by Gasteiger charge is -2.26. The molecule has 1 aliphatic rings. The van der Waals surface area contributed by atoms with Crippen LogP contribution in [0, 0.1) is 18.8 Å². The molecule has 1 aliphatic carbocycles. The van der Waals surface area contributed by atoms with Crippen molar-refractivity contribution in [1.29, 1.82) is 0 Å². The highest BCUT2D eigenvalue weighted by Crippen LogP contribution is 2.32. The molecule has 31 heavy (non-hydrogen) atoms. The molecule has 0 bridgehead atoms. The molecule has 3 rings (SSSR count). The summed E-state index contributed by atoms with van der Waals surface area (Å²) < 4.78 is 11.2. The Bertz CT molecular complexity index is 812. The van der Waals surface area contributed by atoms with Gasteiger partial charge < -0.3 is 9.47 Å². The molecule has 0 aromatic heterocycles. The molecule has 3 nitrogen and oxygen atoms in total. The maximum absolute atomic E-state index is 12.3. The van der Waals surface area contributed by atoms with E-state index in [-0.39, 0.29) is 5.97 Å². The molecule has 0 saturated heterocycles. The molecule has 1 fully saturated rings. The lowest BCUT2D eigenvalue weighted by atomic mass is 9.79. The topological polar surface area (TPSA) is 35.5 Å². The number of rotatable bonds is 10. The number of benzene rings is 2. The summed E-state index contributed by atoms with van der Waals surface area (Å²) in [6.07, 6.45) is 15.4. The molecule has 3 heteroatoms. The number of carbonyl (C=O) groups excluding carboxylic acids is 1. The third-order valence-electron chi connectivity index (χ3n) is 6.18. The van der Waals surface area contributed by atoms with Crippen molar-refractivity contribution in [3.63, 3.8) is 0 Å². The molecule has 0 spiro atoms. The molecule has 1 saturated carbocycles. The highest BCUT2D eigenvalue weighted by molar-refractivity contribution is 5.91. The molecule has 0 unspecified atom stereocenters. The lowest BCUT2D eigenvalue weighted by molar-refractivity contribution is 0.0734. The van der Waals surface area contributed by atoms with Crippen molar-refractivity contribution in [1.82, 2.24) is 0 Å². The maximum atomic E-state index is 12.3. The van der Waals surface area contributed by atoms with Crippen LogP contribution < -0.4 is 9.47 Å². The summed E-state index contributed by atoms with van der Waals surface area (Å²) in [5.41, 5.74) is 1.64. The van der Waals surface area contributed by atoms with Gasteiger partial charge in [0.15, 0.2) is 0 Å². The van der Waals surface area contributed by atoms with Crippen molar-refractivity contribution in [2.45, 2.75) is 65.2 Å². The molecule has 2 aromatic carbocycles. The lowest BCUT2D eigenvalue weighted by Crippen LogP contribution is -2.13. The molecule has 0 atom stereocenters. The number of hydrogen-bond acceptors (Lipinski definition) is 3. The largest absolute Gasteiger partial charge is 0.490 e. The van der Waals surface area contributed by atoms with Crippen LogP contribution in [0.25, 0.3) is 0 Å². The predicted octanol–water partition coefficient (Wildman–Crippen LogP) is 7.54. The van der Waals surface area contributed by atoms with Gasteiger partial charge in [0, 0.05) is 0 Å². The molecule has 2 aromatic rings. The molecule has 0 heterocycles. The second-order valence-electron chi connectivity index (χ2n) is 8.74. The Balaban J connectivity index is 1.36. The van der Waals surface area contributed by atoms with Crippen molar-refractivity contribution in [3.05, 3.63) is 71.8 Å². The summed E-state index contributed by atoms with van der Waals surface area (Å²) in [6, 6.07) is 14.6. The summed E-state index contributed by atoms with van der Waals surface area (Å²) in [7, 11) is 0. The van der Waals surface area contributed by atoms with Gasteiger partial charge in [-0.05, 0) is 80.8 Å². The number of carbonyl (C=O) groups is 1. The van der Waals surface area contributed by atoms with Gasteiger partial charge in [-0.3, -0.25) is 0 Å². The van der Waals surface area contributed by atoms with Crippen LogP contribution in [0.2, 0.25) is 0 Å². The summed E-state index contributed by atoms with van der Waals surface area (Å²) in [5.74, 6) is 2.60. The van der Waals surface area contributed by atoms with Crippen molar-refractivity contribution in [3.8, 4) is 11.5 Å². The first-order valence-corrected chi connectivity index (χ1v) is 11.8. The van der Waals surface area contributed by atoms with Crippen LogP contribution in [-0.2, 0) is 0 Å². The van der Waals surface area contributed by atoms with Crippen LogP contribution in [0.1, 0.15) is 74.2 Å². The third kappa shape index (κ3) is 7.90. The Morgan fingerprint density at radius 2 is 1.61 bits per heavy atom. The van der Waals surface area contributed by atoms with E-state index in [2.05, 4.69) is 19.1 Å². The van der Waals surface area contributed by atoms with Gasteiger partial charge in [0.05, 0.1) is 5.56 Å². The van der Waals surface area contributed by atoms with Crippen LogP contribution in [0.4, 0.5) is 0 Å². The van der Waals surface area contributed by atoms with Crippen LogP contribution in [0.15, 0.2) is 60.7 Å². The van der Waals surface area contributed by atoms with Crippen LogP contribution in [0.5, 0.6) is 11.5 Å². The van der Waals surface area contributed by atoms with Crippen molar-refractivity contribution in [2.24, 2.45) is 11.8 Å².